The standard InChI is InChI=1S/C14H19NO2/c1-2-11(14(16)17)12-7-3-4-8-13(12)15-9-5-6-10-15/h3-4,7-8,11H,2,5-6,9-10H2,1H3,(H,16,17). The summed E-state index contributed by atoms with van der Waals surface area (Å²) < 4.78 is 0. The van der Waals surface area contributed by atoms with Gasteiger partial charge in [0.2, 0.25) is 0 Å². The number of para-hydroxylation sites is 1. The Bertz CT molecular complexity index is 397. The van der Waals surface area contributed by atoms with E-state index in [-0.39, 0.29) is 5.92 Å². The van der Waals surface area contributed by atoms with Crippen molar-refractivity contribution in [3.8, 4) is 0 Å². The van der Waals surface area contributed by atoms with Crippen molar-refractivity contribution in [3.05, 3.63) is 29.8 Å². The van der Waals surface area contributed by atoms with Crippen LogP contribution >= 0.6 is 0 Å². The molecule has 1 aliphatic heterocycles. The Morgan fingerprint density at radius 3 is 2.59 bits per heavy atom. The molecule has 0 amide bonds. The quantitative estimate of drug-likeness (QED) is 0.869. The Morgan fingerprint density at radius 1 is 1.35 bits per heavy atom. The molecule has 1 aromatic rings. The van der Waals surface area contributed by atoms with Crippen LogP contribution in [0.3, 0.4) is 0 Å². The summed E-state index contributed by atoms with van der Waals surface area (Å²) in [5.74, 6) is -1.11. The summed E-state index contributed by atoms with van der Waals surface area (Å²) in [6.07, 6.45) is 3.05. The largest absolute Gasteiger partial charge is 0.481 e. The maximum Gasteiger partial charge on any atom is 0.311 e. The minimum absolute atomic E-state index is 0.383. The van der Waals surface area contributed by atoms with E-state index in [1.807, 2.05) is 31.2 Å². The lowest BCUT2D eigenvalue weighted by Crippen LogP contribution is -2.22. The van der Waals surface area contributed by atoms with E-state index in [0.717, 1.165) is 24.3 Å². The third kappa shape index (κ3) is 2.43. The van der Waals surface area contributed by atoms with Crippen molar-refractivity contribution in [1.29, 1.82) is 0 Å². The van der Waals surface area contributed by atoms with Crippen molar-refractivity contribution < 1.29 is 9.90 Å². The minimum atomic E-state index is -0.723. The van der Waals surface area contributed by atoms with Crippen LogP contribution in [0.5, 0.6) is 0 Å². The van der Waals surface area contributed by atoms with E-state index in [2.05, 4.69) is 4.90 Å². The maximum absolute atomic E-state index is 11.3. The van der Waals surface area contributed by atoms with Crippen LogP contribution in [0.25, 0.3) is 0 Å². The van der Waals surface area contributed by atoms with E-state index in [9.17, 15) is 9.90 Å². The SMILES string of the molecule is CCC(C(=O)O)c1ccccc1N1CCCC1. The van der Waals surface area contributed by atoms with E-state index in [4.69, 9.17) is 0 Å². The van der Waals surface area contributed by atoms with Gasteiger partial charge >= 0.3 is 5.97 Å². The zero-order chi connectivity index (χ0) is 12.3. The van der Waals surface area contributed by atoms with Crippen molar-refractivity contribution >= 4 is 11.7 Å². The zero-order valence-corrected chi connectivity index (χ0v) is 10.2. The number of hydrogen-bond donors (Lipinski definition) is 1. The van der Waals surface area contributed by atoms with Crippen LogP contribution in [-0.2, 0) is 4.79 Å². The van der Waals surface area contributed by atoms with Gasteiger partial charge in [0.25, 0.3) is 0 Å². The normalized spacial score (nSPS) is 17.1. The number of carbonyl (C=O) groups is 1. The van der Waals surface area contributed by atoms with Crippen molar-refractivity contribution in [2.75, 3.05) is 18.0 Å². The van der Waals surface area contributed by atoms with Crippen LogP contribution < -0.4 is 4.90 Å². The fraction of sp³-hybridized carbons (Fsp3) is 0.500. The Balaban J connectivity index is 2.35. The zero-order valence-electron chi connectivity index (χ0n) is 10.2. The Labute approximate surface area is 102 Å². The molecule has 0 bridgehead atoms. The lowest BCUT2D eigenvalue weighted by atomic mass is 9.94. The van der Waals surface area contributed by atoms with Gasteiger partial charge in [0.15, 0.2) is 0 Å². The lowest BCUT2D eigenvalue weighted by molar-refractivity contribution is -0.138. The molecule has 2 rings (SSSR count). The van der Waals surface area contributed by atoms with E-state index in [1.54, 1.807) is 0 Å². The molecule has 1 N–H and O–H groups in total. The Hall–Kier alpha value is -1.51. The van der Waals surface area contributed by atoms with Crippen molar-refractivity contribution in [2.24, 2.45) is 0 Å². The van der Waals surface area contributed by atoms with Gasteiger partial charge in [-0.05, 0) is 30.9 Å². The Morgan fingerprint density at radius 2 is 2.00 bits per heavy atom. The average Bonchev–Trinajstić information content (AvgIpc) is 2.83. The minimum Gasteiger partial charge on any atom is -0.481 e. The van der Waals surface area contributed by atoms with Gasteiger partial charge in [-0.2, -0.15) is 0 Å². The van der Waals surface area contributed by atoms with E-state index >= 15 is 0 Å². The predicted molar refractivity (Wildman–Crippen MR) is 68.6 cm³/mol. The first-order chi connectivity index (χ1) is 8.24. The summed E-state index contributed by atoms with van der Waals surface area (Å²) >= 11 is 0. The van der Waals surface area contributed by atoms with Gasteiger partial charge in [0.05, 0.1) is 5.92 Å². The highest BCUT2D eigenvalue weighted by Crippen LogP contribution is 2.31. The molecule has 1 heterocycles. The molecule has 0 aliphatic carbocycles. The molecule has 3 heteroatoms. The number of benzene rings is 1. The highest BCUT2D eigenvalue weighted by Gasteiger charge is 2.23. The van der Waals surface area contributed by atoms with E-state index in [0.29, 0.717) is 6.42 Å². The second-order valence-corrected chi connectivity index (χ2v) is 4.55. The number of hydrogen-bond acceptors (Lipinski definition) is 2. The lowest BCUT2D eigenvalue weighted by Gasteiger charge is -2.23. The fourth-order valence-electron chi connectivity index (χ4n) is 2.56. The molecular weight excluding hydrogens is 214 g/mol. The van der Waals surface area contributed by atoms with Crippen LogP contribution in [0.15, 0.2) is 24.3 Å². The molecule has 1 aromatic carbocycles. The van der Waals surface area contributed by atoms with Crippen LogP contribution in [0, 0.1) is 0 Å². The monoisotopic (exact) mass is 233 g/mol. The predicted octanol–water partition coefficient (Wildman–Crippen LogP) is 2.87. The summed E-state index contributed by atoms with van der Waals surface area (Å²) in [5, 5.41) is 9.28. The molecule has 17 heavy (non-hydrogen) atoms. The first kappa shape index (κ1) is 12.0. The first-order valence-corrected chi connectivity index (χ1v) is 6.30. The topological polar surface area (TPSA) is 40.5 Å². The van der Waals surface area contributed by atoms with Gasteiger partial charge in [0.1, 0.15) is 0 Å². The summed E-state index contributed by atoms with van der Waals surface area (Å²) in [7, 11) is 0. The second kappa shape index (κ2) is 5.21. The number of aliphatic carboxylic acids is 1. The van der Waals surface area contributed by atoms with E-state index < -0.39 is 5.97 Å². The Kier molecular flexibility index (Phi) is 3.67. The number of anilines is 1. The highest BCUT2D eigenvalue weighted by molar-refractivity contribution is 5.79. The summed E-state index contributed by atoms with van der Waals surface area (Å²) in [6, 6.07) is 7.93. The molecule has 1 unspecified atom stereocenters. The summed E-state index contributed by atoms with van der Waals surface area (Å²) in [6.45, 7) is 4.03. The molecular formula is C14H19NO2. The molecule has 1 fully saturated rings. The van der Waals surface area contributed by atoms with Crippen LogP contribution in [-0.4, -0.2) is 24.2 Å². The van der Waals surface area contributed by atoms with Gasteiger partial charge < -0.3 is 10.0 Å². The number of nitrogens with zero attached hydrogens (tertiary/aromatic N) is 1. The van der Waals surface area contributed by atoms with Crippen molar-refractivity contribution in [3.63, 3.8) is 0 Å². The van der Waals surface area contributed by atoms with Gasteiger partial charge in [-0.15, -0.1) is 0 Å². The summed E-state index contributed by atoms with van der Waals surface area (Å²) in [4.78, 5) is 13.6. The third-order valence-corrected chi connectivity index (χ3v) is 3.47. The molecule has 1 atom stereocenters. The van der Waals surface area contributed by atoms with Gasteiger partial charge in [-0.25, -0.2) is 0 Å². The van der Waals surface area contributed by atoms with Crippen molar-refractivity contribution in [1.82, 2.24) is 0 Å². The molecule has 0 spiro atoms. The number of carboxylic acids is 1. The number of rotatable bonds is 4. The molecule has 92 valence electrons. The molecule has 0 saturated carbocycles. The summed E-state index contributed by atoms with van der Waals surface area (Å²) in [5.41, 5.74) is 2.07. The third-order valence-electron chi connectivity index (χ3n) is 3.47. The maximum atomic E-state index is 11.3. The van der Waals surface area contributed by atoms with Crippen LogP contribution in [0.4, 0.5) is 5.69 Å². The van der Waals surface area contributed by atoms with Gasteiger partial charge in [-0.1, -0.05) is 25.1 Å². The van der Waals surface area contributed by atoms with Crippen LogP contribution in [0.2, 0.25) is 0 Å². The van der Waals surface area contributed by atoms with Crippen LogP contribution in [0.1, 0.15) is 37.7 Å². The second-order valence-electron chi connectivity index (χ2n) is 4.55. The molecule has 1 aliphatic rings. The molecule has 3 nitrogen and oxygen atoms in total. The number of carboxylic acid groups (broad SMARTS) is 1. The highest BCUT2D eigenvalue weighted by atomic mass is 16.4. The molecule has 1 saturated heterocycles. The molecule has 0 aromatic heterocycles. The smallest absolute Gasteiger partial charge is 0.311 e. The molecule has 0 radical (unpaired) electrons. The van der Waals surface area contributed by atoms with E-state index in [1.165, 1.54) is 12.8 Å². The van der Waals surface area contributed by atoms with Gasteiger partial charge in [0, 0.05) is 18.8 Å². The van der Waals surface area contributed by atoms with Crippen molar-refractivity contribution in [2.45, 2.75) is 32.1 Å². The fourth-order valence-corrected chi connectivity index (χ4v) is 2.56. The first-order valence-electron chi connectivity index (χ1n) is 6.30. The average molecular weight is 233 g/mol. The van der Waals surface area contributed by atoms with Gasteiger partial charge in [-0.3, -0.25) is 4.79 Å².